The smallest absolute Gasteiger partial charge is 0.187 e. The summed E-state index contributed by atoms with van der Waals surface area (Å²) in [6.07, 6.45) is 0.444. The Morgan fingerprint density at radius 1 is 1.78 bits per heavy atom. The van der Waals surface area contributed by atoms with Crippen LogP contribution >= 0.6 is 15.9 Å². The van der Waals surface area contributed by atoms with Crippen molar-refractivity contribution in [2.24, 2.45) is 0 Å². The number of rotatable bonds is 0. The van der Waals surface area contributed by atoms with E-state index in [0.717, 1.165) is 0 Å². The summed E-state index contributed by atoms with van der Waals surface area (Å²) in [7, 11) is -3.15. The first-order valence-electron chi connectivity index (χ1n) is 2.30. The van der Waals surface area contributed by atoms with Crippen LogP contribution in [0.2, 0.25) is 0 Å². The van der Waals surface area contributed by atoms with Crippen LogP contribution in [0.15, 0.2) is 9.89 Å². The Morgan fingerprint density at radius 3 is 2.44 bits per heavy atom. The Bertz CT molecular complexity index is 241. The van der Waals surface area contributed by atoms with Crippen LogP contribution in [0.5, 0.6) is 0 Å². The lowest BCUT2D eigenvalue weighted by Gasteiger charge is -1.91. The van der Waals surface area contributed by atoms with Crippen molar-refractivity contribution in [3.8, 4) is 0 Å². The van der Waals surface area contributed by atoms with Crippen LogP contribution in [-0.2, 0) is 9.84 Å². The van der Waals surface area contributed by atoms with Crippen LogP contribution < -0.4 is 0 Å². The van der Waals surface area contributed by atoms with Gasteiger partial charge in [0.2, 0.25) is 0 Å². The molecule has 0 saturated heterocycles. The Kier molecular flexibility index (Phi) is 1.67. The van der Waals surface area contributed by atoms with Crippen LogP contribution in [0.4, 0.5) is 0 Å². The molecule has 0 unspecified atom stereocenters. The van der Waals surface area contributed by atoms with Gasteiger partial charge in [-0.1, -0.05) is 0 Å². The maximum Gasteiger partial charge on any atom is 0.187 e. The highest BCUT2D eigenvalue weighted by molar-refractivity contribution is 9.13. The van der Waals surface area contributed by atoms with Gasteiger partial charge in [-0.3, -0.25) is 0 Å². The quantitative estimate of drug-likeness (QED) is 0.616. The van der Waals surface area contributed by atoms with Gasteiger partial charge in [-0.15, -0.1) is 0 Å². The van der Waals surface area contributed by atoms with E-state index >= 15 is 0 Å². The van der Waals surface area contributed by atoms with Crippen molar-refractivity contribution < 1.29 is 13.5 Å². The molecule has 0 amide bonds. The van der Waals surface area contributed by atoms with Crippen molar-refractivity contribution in [2.75, 3.05) is 5.75 Å². The van der Waals surface area contributed by atoms with E-state index < -0.39 is 15.9 Å². The molecule has 0 aromatic heterocycles. The van der Waals surface area contributed by atoms with E-state index in [9.17, 15) is 8.42 Å². The minimum absolute atomic E-state index is 0.0995. The first-order valence-corrected chi connectivity index (χ1v) is 4.75. The molecule has 0 bridgehead atoms. The Morgan fingerprint density at radius 2 is 2.33 bits per heavy atom. The Hall–Kier alpha value is 0.130. The van der Waals surface area contributed by atoms with Crippen LogP contribution in [-0.4, -0.2) is 25.4 Å². The highest BCUT2D eigenvalue weighted by Crippen LogP contribution is 2.23. The molecule has 0 aromatic rings. The first kappa shape index (κ1) is 7.24. The van der Waals surface area contributed by atoms with Crippen LogP contribution in [0.1, 0.15) is 0 Å². The Balaban J connectivity index is 3.04. The highest BCUT2D eigenvalue weighted by atomic mass is 79.9. The maximum atomic E-state index is 10.7. The van der Waals surface area contributed by atoms with Gasteiger partial charge in [0, 0.05) is 0 Å². The minimum atomic E-state index is -3.15. The van der Waals surface area contributed by atoms with Gasteiger partial charge in [-0.25, -0.2) is 8.42 Å². The van der Waals surface area contributed by atoms with E-state index in [-0.39, 0.29) is 9.57 Å². The summed E-state index contributed by atoms with van der Waals surface area (Å²) < 4.78 is 21.5. The number of aliphatic hydroxyl groups is 1. The van der Waals surface area contributed by atoms with Gasteiger partial charge in [0.05, 0.1) is 11.9 Å². The molecule has 1 N–H and O–H groups in total. The van der Waals surface area contributed by atoms with Gasteiger partial charge in [0.25, 0.3) is 0 Å². The molecule has 0 saturated carbocycles. The molecule has 0 aromatic carbocycles. The lowest BCUT2D eigenvalue weighted by Crippen LogP contribution is -2.09. The number of hydrogen-bond acceptors (Lipinski definition) is 3. The summed E-state index contributed by atoms with van der Waals surface area (Å²) >= 11 is 2.81. The highest BCUT2D eigenvalue weighted by Gasteiger charge is 2.26. The number of hydrogen-bond donors (Lipinski definition) is 1. The van der Waals surface area contributed by atoms with Crippen molar-refractivity contribution in [1.29, 1.82) is 0 Å². The van der Waals surface area contributed by atoms with Crippen LogP contribution in [0.25, 0.3) is 0 Å². The predicted molar refractivity (Wildman–Crippen MR) is 36.8 cm³/mol. The lowest BCUT2D eigenvalue weighted by atomic mass is 10.4. The molecular formula is C4H5BrO3S. The summed E-state index contributed by atoms with van der Waals surface area (Å²) in [6.45, 7) is 0. The SMILES string of the molecule is O=S1(=O)C[C@@H](O)C=C1Br. The summed E-state index contributed by atoms with van der Waals surface area (Å²) in [5.74, 6) is -0.187. The van der Waals surface area contributed by atoms with Crippen LogP contribution in [0, 0.1) is 0 Å². The third kappa shape index (κ3) is 1.33. The third-order valence-corrected chi connectivity index (χ3v) is 4.27. The van der Waals surface area contributed by atoms with Crippen molar-refractivity contribution in [3.63, 3.8) is 0 Å². The second-order valence-corrected chi connectivity index (χ2v) is 5.20. The summed E-state index contributed by atoms with van der Waals surface area (Å²) in [5.41, 5.74) is 0. The fourth-order valence-electron chi connectivity index (χ4n) is 0.607. The molecule has 9 heavy (non-hydrogen) atoms. The summed E-state index contributed by atoms with van der Waals surface area (Å²) in [5, 5.41) is 8.75. The molecule has 3 nitrogen and oxygen atoms in total. The molecule has 0 spiro atoms. The second-order valence-electron chi connectivity index (χ2n) is 1.82. The zero-order valence-corrected chi connectivity index (χ0v) is 6.81. The largest absolute Gasteiger partial charge is 0.388 e. The molecule has 0 aliphatic carbocycles. The molecule has 1 aliphatic rings. The lowest BCUT2D eigenvalue weighted by molar-refractivity contribution is 0.249. The van der Waals surface area contributed by atoms with E-state index in [1.807, 2.05) is 0 Å². The van der Waals surface area contributed by atoms with Crippen molar-refractivity contribution in [1.82, 2.24) is 0 Å². The standard InChI is InChI=1S/C4H5BrO3S/c5-4-1-3(6)2-9(4,7)8/h1,3,6H,2H2/t3-/m0/s1. The molecule has 0 radical (unpaired) electrons. The first-order chi connectivity index (χ1) is 4.02. The van der Waals surface area contributed by atoms with E-state index in [0.29, 0.717) is 0 Å². The second kappa shape index (κ2) is 2.07. The average Bonchev–Trinajstić information content (AvgIpc) is 1.79. The van der Waals surface area contributed by atoms with Gasteiger partial charge < -0.3 is 5.11 Å². The van der Waals surface area contributed by atoms with Gasteiger partial charge >= 0.3 is 0 Å². The van der Waals surface area contributed by atoms with Gasteiger partial charge in [0.15, 0.2) is 9.84 Å². The maximum absolute atomic E-state index is 10.7. The molecule has 52 valence electrons. The zero-order chi connectivity index (χ0) is 7.07. The number of sulfone groups is 1. The van der Waals surface area contributed by atoms with Gasteiger partial charge in [0.1, 0.15) is 3.81 Å². The average molecular weight is 213 g/mol. The van der Waals surface area contributed by atoms with Crippen molar-refractivity contribution >= 4 is 25.8 Å². The van der Waals surface area contributed by atoms with E-state index in [1.165, 1.54) is 6.08 Å². The molecular weight excluding hydrogens is 208 g/mol. The molecule has 1 aliphatic heterocycles. The normalized spacial score (nSPS) is 32.2. The molecule has 1 heterocycles. The summed E-state index contributed by atoms with van der Waals surface area (Å²) in [6, 6.07) is 0. The zero-order valence-electron chi connectivity index (χ0n) is 4.41. The topological polar surface area (TPSA) is 54.4 Å². The van der Waals surface area contributed by atoms with Gasteiger partial charge in [-0.05, 0) is 22.0 Å². The fraction of sp³-hybridized carbons (Fsp3) is 0.500. The van der Waals surface area contributed by atoms with Crippen molar-refractivity contribution in [2.45, 2.75) is 6.10 Å². The van der Waals surface area contributed by atoms with Crippen molar-refractivity contribution in [3.05, 3.63) is 9.89 Å². The summed E-state index contributed by atoms with van der Waals surface area (Å²) in [4.78, 5) is 0. The van der Waals surface area contributed by atoms with E-state index in [4.69, 9.17) is 5.11 Å². The third-order valence-electron chi connectivity index (χ3n) is 1.01. The number of halogens is 1. The molecule has 1 atom stereocenters. The van der Waals surface area contributed by atoms with Gasteiger partial charge in [-0.2, -0.15) is 0 Å². The van der Waals surface area contributed by atoms with E-state index in [2.05, 4.69) is 15.9 Å². The predicted octanol–water partition coefficient (Wildman–Crippen LogP) is 0.0120. The number of aliphatic hydroxyl groups excluding tert-OH is 1. The molecule has 0 fully saturated rings. The monoisotopic (exact) mass is 212 g/mol. The van der Waals surface area contributed by atoms with Crippen LogP contribution in [0.3, 0.4) is 0 Å². The molecule has 1 rings (SSSR count). The molecule has 5 heteroatoms. The minimum Gasteiger partial charge on any atom is -0.388 e. The fourth-order valence-corrected chi connectivity index (χ4v) is 2.38. The van der Waals surface area contributed by atoms with E-state index in [1.54, 1.807) is 0 Å². The Labute approximate surface area is 61.4 Å².